The molecule has 0 spiro atoms. The van der Waals surface area contributed by atoms with Crippen molar-refractivity contribution in [3.63, 3.8) is 0 Å². The van der Waals surface area contributed by atoms with Crippen LogP contribution >= 0.6 is 7.82 Å². The number of halogens is 2. The van der Waals surface area contributed by atoms with Crippen LogP contribution in [0.15, 0.2) is 30.9 Å². The van der Waals surface area contributed by atoms with Gasteiger partial charge in [-0.05, 0) is 6.07 Å². The first-order chi connectivity index (χ1) is 12.3. The molecule has 13 heteroatoms. The summed E-state index contributed by atoms with van der Waals surface area (Å²) in [5, 5.41) is 12.4. The minimum Gasteiger partial charge on any atom is -0.303 e. The molecule has 26 heavy (non-hydrogen) atoms. The molecule has 0 aliphatic rings. The van der Waals surface area contributed by atoms with Crippen LogP contribution in [0.1, 0.15) is 17.2 Å². The lowest BCUT2D eigenvalue weighted by Crippen LogP contribution is -2.36. The molecule has 0 amide bonds. The van der Waals surface area contributed by atoms with Crippen molar-refractivity contribution < 1.29 is 27.7 Å². The molecule has 4 N–H and O–H groups in total. The Hall–Kier alpha value is -2.53. The number of phosphoric acid groups is 1. The van der Waals surface area contributed by atoms with E-state index in [1.54, 1.807) is 0 Å². The SMILES string of the molecule is O=P(O)(O)OC(Cc1ncn[nH]1)(Cc1ncn[nH]1)c1ccc(F)cc1F. The average molecular weight is 386 g/mol. The highest BCUT2D eigenvalue weighted by atomic mass is 31.2. The summed E-state index contributed by atoms with van der Waals surface area (Å²) in [5.74, 6) is -1.56. The van der Waals surface area contributed by atoms with Gasteiger partial charge in [-0.15, -0.1) is 0 Å². The zero-order chi connectivity index (χ0) is 18.8. The molecule has 0 unspecified atom stereocenters. The largest absolute Gasteiger partial charge is 0.470 e. The van der Waals surface area contributed by atoms with Crippen LogP contribution in [0.25, 0.3) is 0 Å². The van der Waals surface area contributed by atoms with E-state index < -0.39 is 25.1 Å². The maximum absolute atomic E-state index is 14.5. The summed E-state index contributed by atoms with van der Waals surface area (Å²) in [6.45, 7) is 0. The average Bonchev–Trinajstić information content (AvgIpc) is 3.19. The summed E-state index contributed by atoms with van der Waals surface area (Å²) in [7, 11) is -5.11. The number of hydrogen-bond acceptors (Lipinski definition) is 6. The highest BCUT2D eigenvalue weighted by molar-refractivity contribution is 7.46. The maximum Gasteiger partial charge on any atom is 0.470 e. The van der Waals surface area contributed by atoms with Crippen molar-refractivity contribution in [1.82, 2.24) is 30.4 Å². The number of aromatic amines is 2. The lowest BCUT2D eigenvalue weighted by atomic mass is 9.86. The third-order valence-corrected chi connectivity index (χ3v) is 4.14. The molecule has 3 rings (SSSR count). The van der Waals surface area contributed by atoms with E-state index in [9.17, 15) is 23.1 Å². The third-order valence-electron chi connectivity index (χ3n) is 3.55. The van der Waals surface area contributed by atoms with E-state index >= 15 is 0 Å². The molecule has 0 atom stereocenters. The lowest BCUT2D eigenvalue weighted by molar-refractivity contribution is 0.0243. The van der Waals surface area contributed by atoms with Crippen molar-refractivity contribution in [2.75, 3.05) is 0 Å². The molecule has 138 valence electrons. The van der Waals surface area contributed by atoms with E-state index in [2.05, 4.69) is 30.4 Å². The molecule has 0 aliphatic heterocycles. The number of nitrogens with zero attached hydrogens (tertiary/aromatic N) is 4. The van der Waals surface area contributed by atoms with Crippen LogP contribution in [0.4, 0.5) is 8.78 Å². The first-order valence-electron chi connectivity index (χ1n) is 7.18. The smallest absolute Gasteiger partial charge is 0.303 e. The minimum atomic E-state index is -5.11. The molecule has 3 aromatic rings. The molecule has 0 fully saturated rings. The van der Waals surface area contributed by atoms with Crippen molar-refractivity contribution in [2.24, 2.45) is 0 Å². The molecule has 1 aromatic carbocycles. The van der Waals surface area contributed by atoms with E-state index in [0.29, 0.717) is 6.07 Å². The number of H-pyrrole nitrogens is 2. The monoisotopic (exact) mass is 386 g/mol. The Bertz CT molecular complexity index is 879. The molecule has 0 radical (unpaired) electrons. The number of rotatable bonds is 7. The molecule has 0 saturated heterocycles. The van der Waals surface area contributed by atoms with Gasteiger partial charge in [0.2, 0.25) is 0 Å². The van der Waals surface area contributed by atoms with Gasteiger partial charge in [0.25, 0.3) is 0 Å². The van der Waals surface area contributed by atoms with Gasteiger partial charge in [-0.2, -0.15) is 10.2 Å². The zero-order valence-electron chi connectivity index (χ0n) is 13.0. The van der Waals surface area contributed by atoms with Gasteiger partial charge in [-0.1, -0.05) is 6.07 Å². The number of benzene rings is 1. The van der Waals surface area contributed by atoms with Crippen LogP contribution in [-0.2, 0) is 27.5 Å². The predicted octanol–water partition coefficient (Wildman–Crippen LogP) is 0.991. The van der Waals surface area contributed by atoms with Gasteiger partial charge < -0.3 is 9.79 Å². The second kappa shape index (κ2) is 7.00. The standard InChI is InChI=1S/C13H13F2N6O4P/c14-8-1-2-9(10(15)3-8)13(25-26(22,23)24,4-11-16-6-18-20-11)5-12-17-7-19-21-12/h1-3,6-7H,4-5H2,(H,16,18,20)(H,17,19,21)(H2,22,23,24). The lowest BCUT2D eigenvalue weighted by Gasteiger charge is -2.33. The predicted molar refractivity (Wildman–Crippen MR) is 81.3 cm³/mol. The van der Waals surface area contributed by atoms with Crippen molar-refractivity contribution >= 4 is 7.82 Å². The summed E-state index contributed by atoms with van der Waals surface area (Å²) >= 11 is 0. The van der Waals surface area contributed by atoms with Gasteiger partial charge in [0.1, 0.15) is 41.5 Å². The fraction of sp³-hybridized carbons (Fsp3) is 0.231. The number of hydrogen-bond donors (Lipinski definition) is 4. The summed E-state index contributed by atoms with van der Waals surface area (Å²) in [6.07, 6.45) is 1.74. The van der Waals surface area contributed by atoms with Crippen molar-refractivity contribution in [3.8, 4) is 0 Å². The van der Waals surface area contributed by atoms with Crippen LogP contribution in [0.2, 0.25) is 0 Å². The summed E-state index contributed by atoms with van der Waals surface area (Å²) < 4.78 is 44.5. The molecule has 2 aromatic heterocycles. The second-order valence-electron chi connectivity index (χ2n) is 5.42. The van der Waals surface area contributed by atoms with Crippen LogP contribution in [0, 0.1) is 11.6 Å². The Balaban J connectivity index is 2.16. The number of nitrogens with one attached hydrogen (secondary N) is 2. The van der Waals surface area contributed by atoms with Crippen LogP contribution < -0.4 is 0 Å². The van der Waals surface area contributed by atoms with Gasteiger partial charge >= 0.3 is 7.82 Å². The Morgan fingerprint density at radius 1 is 1.08 bits per heavy atom. The molecule has 0 saturated carbocycles. The molecule has 2 heterocycles. The minimum absolute atomic E-state index is 0.168. The topological polar surface area (TPSA) is 150 Å². The van der Waals surface area contributed by atoms with Crippen molar-refractivity contribution in [1.29, 1.82) is 0 Å². The Morgan fingerprint density at radius 3 is 2.08 bits per heavy atom. The van der Waals surface area contributed by atoms with Crippen LogP contribution in [-0.4, -0.2) is 40.1 Å². The van der Waals surface area contributed by atoms with Gasteiger partial charge in [-0.3, -0.25) is 14.7 Å². The Morgan fingerprint density at radius 2 is 1.65 bits per heavy atom. The maximum atomic E-state index is 14.5. The first kappa shape index (κ1) is 18.3. The fourth-order valence-electron chi connectivity index (χ4n) is 2.63. The zero-order valence-corrected chi connectivity index (χ0v) is 13.9. The molecule has 0 aliphatic carbocycles. The number of aromatic nitrogens is 6. The Labute approximate surface area is 144 Å². The van der Waals surface area contributed by atoms with E-state index in [1.807, 2.05) is 0 Å². The Kier molecular flexibility index (Phi) is 4.92. The van der Waals surface area contributed by atoms with Crippen LogP contribution in [0.3, 0.4) is 0 Å². The van der Waals surface area contributed by atoms with E-state index in [1.165, 1.54) is 12.7 Å². The molecule has 10 nitrogen and oxygen atoms in total. The molecular formula is C13H13F2N6O4P. The molecule has 0 bridgehead atoms. The van der Waals surface area contributed by atoms with Crippen molar-refractivity contribution in [2.45, 2.75) is 18.4 Å². The third kappa shape index (κ3) is 4.17. The highest BCUT2D eigenvalue weighted by Gasteiger charge is 2.43. The summed E-state index contributed by atoms with van der Waals surface area (Å²) in [6, 6.07) is 2.60. The van der Waals surface area contributed by atoms with Gasteiger partial charge in [0.05, 0.1) is 0 Å². The van der Waals surface area contributed by atoms with E-state index in [-0.39, 0.29) is 30.1 Å². The van der Waals surface area contributed by atoms with Gasteiger partial charge in [0, 0.05) is 24.5 Å². The van der Waals surface area contributed by atoms with E-state index in [4.69, 9.17) is 4.52 Å². The van der Waals surface area contributed by atoms with Gasteiger partial charge in [0.15, 0.2) is 0 Å². The number of phosphoric ester groups is 1. The van der Waals surface area contributed by atoms with Crippen LogP contribution in [0.5, 0.6) is 0 Å². The highest BCUT2D eigenvalue weighted by Crippen LogP contribution is 2.48. The summed E-state index contributed by atoms with van der Waals surface area (Å²) in [4.78, 5) is 26.6. The quantitative estimate of drug-likeness (QED) is 0.439. The summed E-state index contributed by atoms with van der Waals surface area (Å²) in [5.41, 5.74) is -2.24. The first-order valence-corrected chi connectivity index (χ1v) is 8.71. The second-order valence-corrected chi connectivity index (χ2v) is 6.58. The van der Waals surface area contributed by atoms with Gasteiger partial charge in [-0.25, -0.2) is 23.3 Å². The van der Waals surface area contributed by atoms with Crippen molar-refractivity contribution in [3.05, 3.63) is 59.7 Å². The normalized spacial score (nSPS) is 12.5. The molecular weight excluding hydrogens is 373 g/mol. The van der Waals surface area contributed by atoms with E-state index in [0.717, 1.165) is 12.1 Å². The fourth-order valence-corrected chi connectivity index (χ4v) is 3.31.